The van der Waals surface area contributed by atoms with Crippen LogP contribution in [-0.4, -0.2) is 13.1 Å². The van der Waals surface area contributed by atoms with E-state index in [4.69, 9.17) is 5.26 Å². The summed E-state index contributed by atoms with van der Waals surface area (Å²) in [5, 5.41) is 9.02. The maximum Gasteiger partial charge on any atom is 0.101 e. The summed E-state index contributed by atoms with van der Waals surface area (Å²) < 4.78 is 0. The summed E-state index contributed by atoms with van der Waals surface area (Å²) in [6.07, 6.45) is 10.9. The minimum atomic E-state index is 0.798. The summed E-state index contributed by atoms with van der Waals surface area (Å²) in [7, 11) is 0. The van der Waals surface area contributed by atoms with Crippen LogP contribution in [0.3, 0.4) is 0 Å². The van der Waals surface area contributed by atoms with E-state index in [0.29, 0.717) is 0 Å². The first-order chi connectivity index (χ1) is 12.1. The Morgan fingerprint density at radius 2 is 1.76 bits per heavy atom. The molecule has 0 radical (unpaired) electrons. The molecule has 0 saturated carbocycles. The lowest BCUT2D eigenvalue weighted by molar-refractivity contribution is 0.438. The summed E-state index contributed by atoms with van der Waals surface area (Å²) in [6, 6.07) is 10.1. The van der Waals surface area contributed by atoms with E-state index in [0.717, 1.165) is 36.2 Å². The number of hydrogen-bond acceptors (Lipinski definition) is 2. The van der Waals surface area contributed by atoms with Crippen LogP contribution in [0.2, 0.25) is 0 Å². The second kappa shape index (κ2) is 12.8. The number of nitrogens with zero attached hydrogens (tertiary/aromatic N) is 2. The van der Waals surface area contributed by atoms with Crippen molar-refractivity contribution in [2.45, 2.75) is 79.1 Å². The molecule has 0 bridgehead atoms. The highest BCUT2D eigenvalue weighted by molar-refractivity contribution is 5.59. The fourth-order valence-electron chi connectivity index (χ4n) is 3.47. The number of anilines is 1. The Labute approximate surface area is 156 Å². The highest BCUT2D eigenvalue weighted by Gasteiger charge is 2.17. The number of piperidine rings is 1. The predicted octanol–water partition coefficient (Wildman–Crippen LogP) is 6.80. The predicted molar refractivity (Wildman–Crippen MR) is 110 cm³/mol. The van der Waals surface area contributed by atoms with E-state index in [9.17, 15) is 0 Å². The van der Waals surface area contributed by atoms with Gasteiger partial charge in [0.15, 0.2) is 0 Å². The van der Waals surface area contributed by atoms with Gasteiger partial charge in [-0.1, -0.05) is 78.4 Å². The monoisotopic (exact) mass is 342 g/mol. The van der Waals surface area contributed by atoms with Crippen LogP contribution in [0.25, 0.3) is 0 Å². The van der Waals surface area contributed by atoms with Gasteiger partial charge in [-0.3, -0.25) is 0 Å². The summed E-state index contributed by atoms with van der Waals surface area (Å²) in [6.45, 7) is 11.4. The average molecular weight is 343 g/mol. The number of hydrogen-bond donors (Lipinski definition) is 0. The van der Waals surface area contributed by atoms with Crippen LogP contribution in [0.15, 0.2) is 24.3 Å². The second-order valence-corrected chi connectivity index (χ2v) is 7.69. The fourth-order valence-corrected chi connectivity index (χ4v) is 3.47. The largest absolute Gasteiger partial charge is 0.370 e. The Hall–Kier alpha value is -1.49. The van der Waals surface area contributed by atoms with Gasteiger partial charge in [-0.25, -0.2) is 0 Å². The van der Waals surface area contributed by atoms with E-state index < -0.39 is 0 Å². The van der Waals surface area contributed by atoms with Crippen molar-refractivity contribution < 1.29 is 0 Å². The van der Waals surface area contributed by atoms with E-state index in [-0.39, 0.29) is 0 Å². The Kier molecular flexibility index (Phi) is 11.0. The van der Waals surface area contributed by atoms with Crippen LogP contribution in [-0.2, 0) is 0 Å². The van der Waals surface area contributed by atoms with Crippen LogP contribution in [0, 0.1) is 23.2 Å². The molecule has 2 rings (SSSR count). The molecular weight excluding hydrogens is 304 g/mol. The zero-order chi connectivity index (χ0) is 18.5. The third-order valence-electron chi connectivity index (χ3n) is 5.23. The molecule has 0 N–H and O–H groups in total. The Morgan fingerprint density at radius 1 is 1.08 bits per heavy atom. The third-order valence-corrected chi connectivity index (χ3v) is 5.23. The summed E-state index contributed by atoms with van der Waals surface area (Å²) in [4.78, 5) is 2.33. The third kappa shape index (κ3) is 8.43. The van der Waals surface area contributed by atoms with Crippen molar-refractivity contribution >= 4 is 5.69 Å². The van der Waals surface area contributed by atoms with Crippen molar-refractivity contribution in [1.82, 2.24) is 0 Å². The van der Waals surface area contributed by atoms with Gasteiger partial charge >= 0.3 is 0 Å². The van der Waals surface area contributed by atoms with Crippen molar-refractivity contribution in [1.29, 1.82) is 5.26 Å². The number of nitriles is 1. The molecule has 1 aliphatic heterocycles. The maximum atomic E-state index is 9.02. The van der Waals surface area contributed by atoms with Crippen molar-refractivity contribution in [2.24, 2.45) is 11.8 Å². The highest BCUT2D eigenvalue weighted by atomic mass is 15.1. The molecule has 0 spiro atoms. The number of unbranched alkanes of at least 4 members (excludes halogenated alkanes) is 2. The molecule has 0 amide bonds. The summed E-state index contributed by atoms with van der Waals surface area (Å²) in [5.74, 6) is 1.80. The highest BCUT2D eigenvalue weighted by Crippen LogP contribution is 2.25. The topological polar surface area (TPSA) is 27.0 Å². The lowest BCUT2D eigenvalue weighted by Crippen LogP contribution is -2.33. The SMILES string of the molecule is CC1CCN(c2ccccc2C#N)CC1.CCCCCC(C)CCC. The van der Waals surface area contributed by atoms with E-state index >= 15 is 0 Å². The van der Waals surface area contributed by atoms with Gasteiger partial charge in [0.2, 0.25) is 0 Å². The average Bonchev–Trinajstić information content (AvgIpc) is 2.63. The molecule has 1 saturated heterocycles. The van der Waals surface area contributed by atoms with Gasteiger partial charge in [0.25, 0.3) is 0 Å². The first kappa shape index (κ1) is 21.6. The van der Waals surface area contributed by atoms with E-state index in [1.165, 1.54) is 51.4 Å². The molecule has 1 atom stereocenters. The fraction of sp³-hybridized carbons (Fsp3) is 0.696. The van der Waals surface area contributed by atoms with E-state index in [1.54, 1.807) is 0 Å². The molecule has 25 heavy (non-hydrogen) atoms. The molecular formula is C23H38N2. The smallest absolute Gasteiger partial charge is 0.101 e. The summed E-state index contributed by atoms with van der Waals surface area (Å²) >= 11 is 0. The molecule has 0 aromatic heterocycles. The Balaban J connectivity index is 0.000000275. The quantitative estimate of drug-likeness (QED) is 0.510. The van der Waals surface area contributed by atoms with Gasteiger partial charge < -0.3 is 4.90 Å². The molecule has 2 nitrogen and oxygen atoms in total. The molecule has 1 aliphatic rings. The molecule has 1 aromatic carbocycles. The zero-order valence-corrected chi connectivity index (χ0v) is 16.9. The van der Waals surface area contributed by atoms with Crippen molar-refractivity contribution in [2.75, 3.05) is 18.0 Å². The number of para-hydroxylation sites is 1. The van der Waals surface area contributed by atoms with Crippen LogP contribution in [0.5, 0.6) is 0 Å². The standard InChI is InChI=1S/C13H16N2.C10H22/c1-11-6-8-15(9-7-11)13-5-3-2-4-12(13)10-14;1-4-6-7-9-10(3)8-5-2/h2-5,11H,6-9H2,1H3;10H,4-9H2,1-3H3. The van der Waals surface area contributed by atoms with E-state index in [1.807, 2.05) is 18.2 Å². The molecule has 1 aromatic rings. The minimum absolute atomic E-state index is 0.798. The number of rotatable bonds is 7. The first-order valence-electron chi connectivity index (χ1n) is 10.4. The first-order valence-corrected chi connectivity index (χ1v) is 10.4. The van der Waals surface area contributed by atoms with Crippen molar-refractivity contribution in [3.63, 3.8) is 0 Å². The molecule has 0 aliphatic carbocycles. The van der Waals surface area contributed by atoms with Gasteiger partial charge in [0.05, 0.1) is 11.3 Å². The van der Waals surface area contributed by atoms with Gasteiger partial charge in [0.1, 0.15) is 6.07 Å². The zero-order valence-electron chi connectivity index (χ0n) is 16.9. The van der Waals surface area contributed by atoms with Gasteiger partial charge in [-0.2, -0.15) is 5.26 Å². The maximum absolute atomic E-state index is 9.02. The van der Waals surface area contributed by atoms with Crippen LogP contribution < -0.4 is 4.90 Å². The molecule has 2 heteroatoms. The lowest BCUT2D eigenvalue weighted by Gasteiger charge is -2.32. The normalized spacial score (nSPS) is 15.9. The molecule has 1 fully saturated rings. The van der Waals surface area contributed by atoms with E-state index in [2.05, 4.69) is 44.7 Å². The number of benzene rings is 1. The minimum Gasteiger partial charge on any atom is -0.370 e. The van der Waals surface area contributed by atoms with Crippen molar-refractivity contribution in [3.8, 4) is 6.07 Å². The molecule has 140 valence electrons. The lowest BCUT2D eigenvalue weighted by atomic mass is 9.98. The van der Waals surface area contributed by atoms with Crippen LogP contribution in [0.1, 0.15) is 84.6 Å². The molecule has 1 unspecified atom stereocenters. The molecule has 1 heterocycles. The van der Waals surface area contributed by atoms with Crippen LogP contribution >= 0.6 is 0 Å². The Morgan fingerprint density at radius 3 is 2.36 bits per heavy atom. The van der Waals surface area contributed by atoms with Gasteiger partial charge in [0, 0.05) is 13.1 Å². The van der Waals surface area contributed by atoms with Crippen LogP contribution in [0.4, 0.5) is 5.69 Å². The van der Waals surface area contributed by atoms with Crippen molar-refractivity contribution in [3.05, 3.63) is 29.8 Å². The van der Waals surface area contributed by atoms with Gasteiger partial charge in [-0.15, -0.1) is 0 Å². The summed E-state index contributed by atoms with van der Waals surface area (Å²) in [5.41, 5.74) is 1.90. The Bertz CT molecular complexity index is 495. The second-order valence-electron chi connectivity index (χ2n) is 7.69. The van der Waals surface area contributed by atoms with Gasteiger partial charge in [-0.05, 0) is 36.8 Å².